The van der Waals surface area contributed by atoms with Crippen LogP contribution < -0.4 is 4.18 Å². The van der Waals surface area contributed by atoms with Crippen LogP contribution in [0.5, 0.6) is 5.75 Å². The van der Waals surface area contributed by atoms with Crippen molar-refractivity contribution in [3.63, 3.8) is 0 Å². The van der Waals surface area contributed by atoms with Gasteiger partial charge in [0.1, 0.15) is 6.29 Å². The molecule has 0 atom stereocenters. The number of hydrogen-bond acceptors (Lipinski definition) is 5. The van der Waals surface area contributed by atoms with E-state index in [9.17, 15) is 31.2 Å². The minimum absolute atomic E-state index is 0.00569. The normalized spacial score (nSPS) is 11.9. The van der Waals surface area contributed by atoms with E-state index < -0.39 is 26.9 Å². The summed E-state index contributed by atoms with van der Waals surface area (Å²) in [5.41, 5.74) is -6.09. The zero-order chi connectivity index (χ0) is 14.0. The highest BCUT2D eigenvalue weighted by atomic mass is 32.2. The lowest BCUT2D eigenvalue weighted by Crippen LogP contribution is -2.28. The zero-order valence-corrected chi connectivity index (χ0v) is 9.29. The van der Waals surface area contributed by atoms with E-state index in [0.29, 0.717) is 6.29 Å². The molecule has 0 spiro atoms. The summed E-state index contributed by atoms with van der Waals surface area (Å²) < 4.78 is 61.3. The Kier molecular flexibility index (Phi) is 3.75. The molecular weight excluding hydrogens is 277 g/mol. The predicted octanol–water partition coefficient (Wildman–Crippen LogP) is 1.54. The van der Waals surface area contributed by atoms with Crippen molar-refractivity contribution in [3.05, 3.63) is 29.3 Å². The maximum atomic E-state index is 12.0. The number of carbonyl (C=O) groups is 2. The van der Waals surface area contributed by atoms with Crippen molar-refractivity contribution in [2.45, 2.75) is 5.51 Å². The van der Waals surface area contributed by atoms with E-state index >= 15 is 0 Å². The summed E-state index contributed by atoms with van der Waals surface area (Å²) >= 11 is 0. The van der Waals surface area contributed by atoms with Crippen LogP contribution in [0.25, 0.3) is 0 Å². The van der Waals surface area contributed by atoms with Gasteiger partial charge in [0, 0.05) is 5.56 Å². The lowest BCUT2D eigenvalue weighted by atomic mass is 10.1. The third-order valence-corrected chi connectivity index (χ3v) is 2.75. The van der Waals surface area contributed by atoms with Gasteiger partial charge in [0.2, 0.25) is 0 Å². The molecule has 0 N–H and O–H groups in total. The summed E-state index contributed by atoms with van der Waals surface area (Å²) in [4.78, 5) is 20.9. The van der Waals surface area contributed by atoms with Crippen LogP contribution in [0.4, 0.5) is 13.2 Å². The molecule has 0 saturated heterocycles. The quantitative estimate of drug-likeness (QED) is 0.475. The first-order valence-corrected chi connectivity index (χ1v) is 5.67. The van der Waals surface area contributed by atoms with E-state index in [-0.39, 0.29) is 11.8 Å². The first-order valence-electron chi connectivity index (χ1n) is 4.26. The van der Waals surface area contributed by atoms with E-state index in [1.54, 1.807) is 0 Å². The van der Waals surface area contributed by atoms with Gasteiger partial charge in [0.15, 0.2) is 12.0 Å². The number of aldehydes is 2. The van der Waals surface area contributed by atoms with E-state index in [1.165, 1.54) is 0 Å². The second kappa shape index (κ2) is 4.77. The van der Waals surface area contributed by atoms with E-state index in [0.717, 1.165) is 18.2 Å². The molecule has 5 nitrogen and oxygen atoms in total. The molecule has 0 aliphatic carbocycles. The SMILES string of the molecule is O=Cc1ccc(OS(=O)(=O)C(F)(F)F)c(C=O)c1. The van der Waals surface area contributed by atoms with Crippen molar-refractivity contribution >= 4 is 22.7 Å². The van der Waals surface area contributed by atoms with Gasteiger partial charge in [0.25, 0.3) is 0 Å². The van der Waals surface area contributed by atoms with E-state index in [1.807, 2.05) is 0 Å². The average Bonchev–Trinajstić information content (AvgIpc) is 2.27. The summed E-state index contributed by atoms with van der Waals surface area (Å²) in [5.74, 6) is -0.798. The fourth-order valence-electron chi connectivity index (χ4n) is 0.974. The Hall–Kier alpha value is -1.90. The molecule has 0 unspecified atom stereocenters. The minimum Gasteiger partial charge on any atom is -0.375 e. The van der Waals surface area contributed by atoms with Crippen LogP contribution in [0, 0.1) is 0 Å². The Morgan fingerprint density at radius 2 is 1.72 bits per heavy atom. The smallest absolute Gasteiger partial charge is 0.375 e. The van der Waals surface area contributed by atoms with Gasteiger partial charge < -0.3 is 4.18 Å². The monoisotopic (exact) mass is 282 g/mol. The molecule has 0 fully saturated rings. The highest BCUT2D eigenvalue weighted by Gasteiger charge is 2.48. The molecule has 18 heavy (non-hydrogen) atoms. The standard InChI is InChI=1S/C9H5F3O5S/c10-9(11,12)18(15,16)17-8-2-1-6(4-13)3-7(8)5-14/h1-5H. The summed E-state index contributed by atoms with van der Waals surface area (Å²) in [6.45, 7) is 0. The Labute approximate surface area is 99.3 Å². The number of benzene rings is 1. The van der Waals surface area contributed by atoms with Crippen LogP contribution in [0.15, 0.2) is 18.2 Å². The highest BCUT2D eigenvalue weighted by Crippen LogP contribution is 2.28. The second-order valence-corrected chi connectivity index (χ2v) is 4.55. The molecule has 1 rings (SSSR count). The van der Waals surface area contributed by atoms with Crippen molar-refractivity contribution in [1.29, 1.82) is 0 Å². The third-order valence-electron chi connectivity index (χ3n) is 1.78. The summed E-state index contributed by atoms with van der Waals surface area (Å²) in [7, 11) is -5.85. The van der Waals surface area contributed by atoms with Crippen LogP contribution >= 0.6 is 0 Å². The molecule has 0 aliphatic rings. The summed E-state index contributed by atoms with van der Waals surface area (Å²) in [6.07, 6.45) is 0.420. The highest BCUT2D eigenvalue weighted by molar-refractivity contribution is 7.88. The fourth-order valence-corrected chi connectivity index (χ4v) is 1.46. The van der Waals surface area contributed by atoms with Crippen LogP contribution in [0.1, 0.15) is 20.7 Å². The molecule has 98 valence electrons. The Morgan fingerprint density at radius 3 is 2.17 bits per heavy atom. The van der Waals surface area contributed by atoms with E-state index in [2.05, 4.69) is 4.18 Å². The minimum atomic E-state index is -5.85. The molecule has 0 aliphatic heterocycles. The second-order valence-electron chi connectivity index (χ2n) is 3.02. The topological polar surface area (TPSA) is 77.5 Å². The molecule has 9 heteroatoms. The average molecular weight is 282 g/mol. The molecule has 1 aromatic carbocycles. The van der Waals surface area contributed by atoms with Crippen LogP contribution in [-0.4, -0.2) is 26.5 Å². The van der Waals surface area contributed by atoms with Gasteiger partial charge >= 0.3 is 15.6 Å². The largest absolute Gasteiger partial charge is 0.534 e. The summed E-state index contributed by atoms with van der Waals surface area (Å²) in [5, 5.41) is 0. The fraction of sp³-hybridized carbons (Fsp3) is 0.111. The molecule has 0 bridgehead atoms. The zero-order valence-electron chi connectivity index (χ0n) is 8.47. The molecule has 0 radical (unpaired) electrons. The van der Waals surface area contributed by atoms with Crippen molar-refractivity contribution in [1.82, 2.24) is 0 Å². The lowest BCUT2D eigenvalue weighted by Gasteiger charge is -2.10. The van der Waals surface area contributed by atoms with Crippen molar-refractivity contribution in [2.24, 2.45) is 0 Å². The lowest BCUT2D eigenvalue weighted by molar-refractivity contribution is -0.0500. The molecule has 0 aromatic heterocycles. The van der Waals surface area contributed by atoms with Gasteiger partial charge in [-0.25, -0.2) is 0 Å². The van der Waals surface area contributed by atoms with Gasteiger partial charge in [0.05, 0.1) is 5.56 Å². The van der Waals surface area contributed by atoms with Crippen LogP contribution in [-0.2, 0) is 10.1 Å². The van der Waals surface area contributed by atoms with Crippen molar-refractivity contribution in [2.75, 3.05) is 0 Å². The number of halogens is 3. The molecule has 1 aromatic rings. The molecule has 0 heterocycles. The van der Waals surface area contributed by atoms with Crippen molar-refractivity contribution < 1.29 is 35.4 Å². The van der Waals surface area contributed by atoms with Gasteiger partial charge in [-0.1, -0.05) is 0 Å². The maximum Gasteiger partial charge on any atom is 0.534 e. The van der Waals surface area contributed by atoms with Crippen LogP contribution in [0.3, 0.4) is 0 Å². The Bertz CT molecular complexity index is 576. The number of hydrogen-bond donors (Lipinski definition) is 0. The maximum absolute atomic E-state index is 12.0. The van der Waals surface area contributed by atoms with Gasteiger partial charge in [-0.05, 0) is 18.2 Å². The van der Waals surface area contributed by atoms with Gasteiger partial charge in [-0.3, -0.25) is 9.59 Å². The Balaban J connectivity index is 3.21. The molecule has 0 amide bonds. The first kappa shape index (κ1) is 14.2. The third kappa shape index (κ3) is 2.86. The molecule has 0 saturated carbocycles. The van der Waals surface area contributed by atoms with Crippen molar-refractivity contribution in [3.8, 4) is 5.75 Å². The Morgan fingerprint density at radius 1 is 1.11 bits per heavy atom. The number of alkyl halides is 3. The first-order chi connectivity index (χ1) is 8.21. The van der Waals surface area contributed by atoms with Crippen LogP contribution in [0.2, 0.25) is 0 Å². The molecular formula is C9H5F3O5S. The van der Waals surface area contributed by atoms with Gasteiger partial charge in [-0.15, -0.1) is 0 Å². The summed E-state index contributed by atoms with van der Waals surface area (Å²) in [6, 6.07) is 2.71. The number of rotatable bonds is 4. The van der Waals surface area contributed by atoms with E-state index in [4.69, 9.17) is 0 Å². The number of carbonyl (C=O) groups excluding carboxylic acids is 2. The van der Waals surface area contributed by atoms with Gasteiger partial charge in [-0.2, -0.15) is 21.6 Å². The predicted molar refractivity (Wildman–Crippen MR) is 52.8 cm³/mol.